The maximum absolute atomic E-state index is 12.7. The van der Waals surface area contributed by atoms with Crippen molar-refractivity contribution in [3.05, 3.63) is 23.8 Å². The SMILES string of the molecule is CNCC(C)C(=O)N(CCc1ccc(OC)c(OC)c1)CC(C)C. The van der Waals surface area contributed by atoms with E-state index in [1.807, 2.05) is 37.1 Å². The monoisotopic (exact) mass is 336 g/mol. The van der Waals surface area contributed by atoms with Crippen molar-refractivity contribution in [1.82, 2.24) is 10.2 Å². The number of methoxy groups -OCH3 is 2. The van der Waals surface area contributed by atoms with Gasteiger partial charge in [0.15, 0.2) is 11.5 Å². The lowest BCUT2D eigenvalue weighted by atomic mass is 10.1. The molecule has 5 heteroatoms. The average Bonchev–Trinajstić information content (AvgIpc) is 2.57. The number of nitrogens with one attached hydrogen (secondary N) is 1. The largest absolute Gasteiger partial charge is 0.493 e. The van der Waals surface area contributed by atoms with Crippen LogP contribution in [0.2, 0.25) is 0 Å². The fourth-order valence-electron chi connectivity index (χ4n) is 2.74. The number of benzene rings is 1. The summed E-state index contributed by atoms with van der Waals surface area (Å²) in [5.74, 6) is 2.08. The lowest BCUT2D eigenvalue weighted by Crippen LogP contribution is -2.41. The molecule has 0 bridgehead atoms. The first-order valence-electron chi connectivity index (χ1n) is 8.57. The van der Waals surface area contributed by atoms with E-state index in [9.17, 15) is 4.79 Å². The Morgan fingerprint density at radius 3 is 2.38 bits per heavy atom. The van der Waals surface area contributed by atoms with Gasteiger partial charge in [-0.15, -0.1) is 0 Å². The highest BCUT2D eigenvalue weighted by Gasteiger charge is 2.20. The van der Waals surface area contributed by atoms with Gasteiger partial charge in [-0.25, -0.2) is 0 Å². The van der Waals surface area contributed by atoms with E-state index >= 15 is 0 Å². The lowest BCUT2D eigenvalue weighted by Gasteiger charge is -2.27. The van der Waals surface area contributed by atoms with E-state index in [2.05, 4.69) is 19.2 Å². The predicted molar refractivity (Wildman–Crippen MR) is 97.8 cm³/mol. The minimum atomic E-state index is -0.0147. The number of hydrogen-bond acceptors (Lipinski definition) is 4. The van der Waals surface area contributed by atoms with Gasteiger partial charge in [0.05, 0.1) is 14.2 Å². The molecule has 136 valence electrons. The van der Waals surface area contributed by atoms with E-state index in [1.165, 1.54) is 0 Å². The molecule has 0 aromatic heterocycles. The van der Waals surface area contributed by atoms with Crippen molar-refractivity contribution in [2.24, 2.45) is 11.8 Å². The van der Waals surface area contributed by atoms with Gasteiger partial charge in [-0.3, -0.25) is 4.79 Å². The highest BCUT2D eigenvalue weighted by Crippen LogP contribution is 2.27. The summed E-state index contributed by atoms with van der Waals surface area (Å²) in [6.45, 7) is 8.44. The Balaban J connectivity index is 2.79. The topological polar surface area (TPSA) is 50.8 Å². The number of amides is 1. The summed E-state index contributed by atoms with van der Waals surface area (Å²) in [6.07, 6.45) is 0.797. The van der Waals surface area contributed by atoms with E-state index in [1.54, 1.807) is 14.2 Å². The van der Waals surface area contributed by atoms with Crippen LogP contribution in [0.25, 0.3) is 0 Å². The standard InChI is InChI=1S/C19H32N2O3/c1-14(2)13-21(19(22)15(3)12-20-4)10-9-16-7-8-17(23-5)18(11-16)24-6/h7-8,11,14-15,20H,9-10,12-13H2,1-6H3. The van der Waals surface area contributed by atoms with Crippen molar-refractivity contribution in [2.45, 2.75) is 27.2 Å². The van der Waals surface area contributed by atoms with Crippen LogP contribution in [0.1, 0.15) is 26.3 Å². The Bertz CT molecular complexity index is 517. The van der Waals surface area contributed by atoms with E-state index in [4.69, 9.17) is 9.47 Å². The molecule has 1 aromatic rings. The van der Waals surface area contributed by atoms with Crippen molar-refractivity contribution in [3.63, 3.8) is 0 Å². The van der Waals surface area contributed by atoms with Crippen LogP contribution in [0.4, 0.5) is 0 Å². The molecule has 24 heavy (non-hydrogen) atoms. The molecular weight excluding hydrogens is 304 g/mol. The zero-order valence-corrected chi connectivity index (χ0v) is 15.9. The Kier molecular flexibility index (Phi) is 8.61. The fraction of sp³-hybridized carbons (Fsp3) is 0.632. The summed E-state index contributed by atoms with van der Waals surface area (Å²) in [5, 5.41) is 3.08. The number of carbonyl (C=O) groups excluding carboxylic acids is 1. The first kappa shape index (κ1) is 20.3. The molecule has 0 heterocycles. The molecule has 5 nitrogen and oxygen atoms in total. The van der Waals surface area contributed by atoms with Crippen LogP contribution in [0.5, 0.6) is 11.5 Å². The molecule has 0 aliphatic heterocycles. The van der Waals surface area contributed by atoms with Crippen molar-refractivity contribution >= 4 is 5.91 Å². The molecule has 1 amide bonds. The van der Waals surface area contributed by atoms with E-state index < -0.39 is 0 Å². The number of ether oxygens (including phenoxy) is 2. The van der Waals surface area contributed by atoms with Crippen molar-refractivity contribution in [2.75, 3.05) is 40.9 Å². The lowest BCUT2D eigenvalue weighted by molar-refractivity contribution is -0.135. The third-order valence-electron chi connectivity index (χ3n) is 3.95. The quantitative estimate of drug-likeness (QED) is 0.713. The summed E-state index contributed by atoms with van der Waals surface area (Å²) < 4.78 is 10.6. The van der Waals surface area contributed by atoms with Gasteiger partial charge < -0.3 is 19.7 Å². The molecule has 1 aromatic carbocycles. The number of hydrogen-bond donors (Lipinski definition) is 1. The third-order valence-corrected chi connectivity index (χ3v) is 3.95. The van der Waals surface area contributed by atoms with Crippen molar-refractivity contribution in [3.8, 4) is 11.5 Å². The van der Waals surface area contributed by atoms with Crippen LogP contribution < -0.4 is 14.8 Å². The Morgan fingerprint density at radius 1 is 1.17 bits per heavy atom. The van der Waals surface area contributed by atoms with E-state index in [0.717, 1.165) is 30.0 Å². The highest BCUT2D eigenvalue weighted by molar-refractivity contribution is 5.78. The van der Waals surface area contributed by atoms with Gasteiger partial charge in [-0.1, -0.05) is 26.8 Å². The Hall–Kier alpha value is -1.75. The minimum absolute atomic E-state index is 0.0147. The Labute approximate surface area is 146 Å². The first-order chi connectivity index (χ1) is 11.4. The molecule has 0 saturated carbocycles. The van der Waals surface area contributed by atoms with Crippen LogP contribution in [0.3, 0.4) is 0 Å². The maximum Gasteiger partial charge on any atom is 0.226 e. The average molecular weight is 336 g/mol. The smallest absolute Gasteiger partial charge is 0.226 e. The molecule has 0 spiro atoms. The normalized spacial score (nSPS) is 12.1. The van der Waals surface area contributed by atoms with Crippen molar-refractivity contribution in [1.29, 1.82) is 0 Å². The van der Waals surface area contributed by atoms with Crippen molar-refractivity contribution < 1.29 is 14.3 Å². The van der Waals surface area contributed by atoms with Crippen LogP contribution in [0, 0.1) is 11.8 Å². The summed E-state index contributed by atoms with van der Waals surface area (Å²) in [6, 6.07) is 5.91. The number of carbonyl (C=O) groups is 1. The maximum atomic E-state index is 12.7. The molecule has 0 saturated heterocycles. The second-order valence-electron chi connectivity index (χ2n) is 6.58. The summed E-state index contributed by atoms with van der Waals surface area (Å²) in [4.78, 5) is 14.6. The second kappa shape index (κ2) is 10.2. The van der Waals surface area contributed by atoms with Gasteiger partial charge in [0.1, 0.15) is 0 Å². The number of rotatable bonds is 10. The summed E-state index contributed by atoms with van der Waals surface area (Å²) in [7, 11) is 5.14. The third kappa shape index (κ3) is 6.04. The Morgan fingerprint density at radius 2 is 1.83 bits per heavy atom. The van der Waals surface area contributed by atoms with Crippen LogP contribution >= 0.6 is 0 Å². The second-order valence-corrected chi connectivity index (χ2v) is 6.58. The van der Waals surface area contributed by atoms with Crippen LogP contribution in [-0.4, -0.2) is 51.7 Å². The zero-order valence-electron chi connectivity index (χ0n) is 15.9. The summed E-state index contributed by atoms with van der Waals surface area (Å²) >= 11 is 0. The highest BCUT2D eigenvalue weighted by atomic mass is 16.5. The molecule has 0 aliphatic carbocycles. The molecule has 0 aliphatic rings. The van der Waals surface area contributed by atoms with E-state index in [0.29, 0.717) is 19.0 Å². The molecule has 0 fully saturated rings. The van der Waals surface area contributed by atoms with Gasteiger partial charge in [0, 0.05) is 25.6 Å². The van der Waals surface area contributed by atoms with Gasteiger partial charge in [0.25, 0.3) is 0 Å². The van der Waals surface area contributed by atoms with E-state index in [-0.39, 0.29) is 11.8 Å². The molecular formula is C19H32N2O3. The molecule has 0 radical (unpaired) electrons. The van der Waals surface area contributed by atoms with Gasteiger partial charge in [-0.2, -0.15) is 0 Å². The van der Waals surface area contributed by atoms with Crippen LogP contribution in [-0.2, 0) is 11.2 Å². The van der Waals surface area contributed by atoms with Gasteiger partial charge >= 0.3 is 0 Å². The number of nitrogens with zero attached hydrogens (tertiary/aromatic N) is 1. The molecule has 1 rings (SSSR count). The first-order valence-corrected chi connectivity index (χ1v) is 8.57. The van der Waals surface area contributed by atoms with Crippen LogP contribution in [0.15, 0.2) is 18.2 Å². The predicted octanol–water partition coefficient (Wildman–Crippen LogP) is 2.59. The molecule has 1 unspecified atom stereocenters. The zero-order chi connectivity index (χ0) is 18.1. The fourth-order valence-corrected chi connectivity index (χ4v) is 2.74. The van der Waals surface area contributed by atoms with Gasteiger partial charge in [0.2, 0.25) is 5.91 Å². The molecule has 1 N–H and O–H groups in total. The van der Waals surface area contributed by atoms with Gasteiger partial charge in [-0.05, 0) is 37.1 Å². The molecule has 1 atom stereocenters. The summed E-state index contributed by atoms with van der Waals surface area (Å²) in [5.41, 5.74) is 1.13. The minimum Gasteiger partial charge on any atom is -0.493 e.